The number of hydrogen-bond acceptors (Lipinski definition) is 4. The minimum absolute atomic E-state index is 0.320. The lowest BCUT2D eigenvalue weighted by molar-refractivity contribution is -0.134. The van der Waals surface area contributed by atoms with Gasteiger partial charge in [0.2, 0.25) is 5.91 Å². The molecule has 2 aromatic rings. The summed E-state index contributed by atoms with van der Waals surface area (Å²) in [6.45, 7) is 5.29. The lowest BCUT2D eigenvalue weighted by Crippen LogP contribution is -2.39. The fraction of sp³-hybridized carbons (Fsp3) is 0.632. The van der Waals surface area contributed by atoms with Crippen LogP contribution in [0.25, 0.3) is 5.65 Å². The van der Waals surface area contributed by atoms with Crippen LogP contribution in [0.15, 0.2) is 18.3 Å². The van der Waals surface area contributed by atoms with Gasteiger partial charge >= 0.3 is 0 Å². The molecule has 0 atom stereocenters. The molecule has 4 heterocycles. The molecule has 0 spiro atoms. The molecule has 6 heteroatoms. The Kier molecular flexibility index (Phi) is 4.70. The highest BCUT2D eigenvalue weighted by Crippen LogP contribution is 2.28. The van der Waals surface area contributed by atoms with Gasteiger partial charge in [0.05, 0.1) is 5.69 Å². The molecule has 0 bridgehead atoms. The average Bonchev–Trinajstić information content (AvgIpc) is 3.02. The van der Waals surface area contributed by atoms with Crippen LogP contribution in [0.1, 0.15) is 49.4 Å². The number of ether oxygens (including phenoxy) is 1. The first kappa shape index (κ1) is 16.5. The van der Waals surface area contributed by atoms with Crippen LogP contribution in [0.4, 0.5) is 0 Å². The number of likely N-dealkylation sites (tertiary alicyclic amines) is 1. The number of fused-ring (bicyclic) bond motifs is 1. The van der Waals surface area contributed by atoms with E-state index in [-0.39, 0.29) is 0 Å². The first-order valence-electron chi connectivity index (χ1n) is 9.37. The van der Waals surface area contributed by atoms with Crippen molar-refractivity contribution < 1.29 is 9.53 Å². The van der Waals surface area contributed by atoms with E-state index >= 15 is 0 Å². The third kappa shape index (κ3) is 3.68. The van der Waals surface area contributed by atoms with Crippen LogP contribution in [0, 0.1) is 12.8 Å². The van der Waals surface area contributed by atoms with Crippen molar-refractivity contribution in [2.24, 2.45) is 5.92 Å². The van der Waals surface area contributed by atoms with Crippen molar-refractivity contribution in [3.63, 3.8) is 0 Å². The summed E-state index contributed by atoms with van der Waals surface area (Å²) in [6, 6.07) is 4.08. The molecule has 2 aromatic heterocycles. The number of nitrogens with zero attached hydrogens (tertiary/aromatic N) is 4. The van der Waals surface area contributed by atoms with Crippen LogP contribution < -0.4 is 0 Å². The molecular weight excluding hydrogens is 316 g/mol. The molecule has 0 aliphatic carbocycles. The molecule has 0 aromatic carbocycles. The van der Waals surface area contributed by atoms with E-state index in [0.717, 1.165) is 69.0 Å². The monoisotopic (exact) mass is 342 g/mol. The lowest BCUT2D eigenvalue weighted by Gasteiger charge is -2.33. The van der Waals surface area contributed by atoms with E-state index < -0.39 is 0 Å². The van der Waals surface area contributed by atoms with Crippen LogP contribution in [-0.2, 0) is 9.53 Å². The van der Waals surface area contributed by atoms with Gasteiger partial charge in [-0.15, -0.1) is 0 Å². The van der Waals surface area contributed by atoms with Gasteiger partial charge in [0.15, 0.2) is 5.65 Å². The molecular formula is C19H26N4O2. The molecule has 0 radical (unpaired) electrons. The van der Waals surface area contributed by atoms with Crippen LogP contribution in [0.3, 0.4) is 0 Å². The number of carbonyl (C=O) groups is 1. The van der Waals surface area contributed by atoms with Gasteiger partial charge in [-0.05, 0) is 44.6 Å². The van der Waals surface area contributed by atoms with Crippen molar-refractivity contribution in [3.8, 4) is 0 Å². The second-order valence-electron chi connectivity index (χ2n) is 7.36. The average molecular weight is 342 g/mol. The van der Waals surface area contributed by atoms with Gasteiger partial charge in [-0.2, -0.15) is 5.10 Å². The van der Waals surface area contributed by atoms with Crippen molar-refractivity contribution in [2.45, 2.75) is 44.9 Å². The number of aromatic nitrogens is 3. The van der Waals surface area contributed by atoms with Crippen molar-refractivity contribution >= 4 is 11.6 Å². The highest BCUT2D eigenvalue weighted by Gasteiger charge is 2.27. The molecule has 25 heavy (non-hydrogen) atoms. The van der Waals surface area contributed by atoms with Gasteiger partial charge in [0.1, 0.15) is 0 Å². The molecule has 0 unspecified atom stereocenters. The zero-order valence-electron chi connectivity index (χ0n) is 14.9. The van der Waals surface area contributed by atoms with Crippen LogP contribution in [0.5, 0.6) is 0 Å². The van der Waals surface area contributed by atoms with Crippen molar-refractivity contribution in [3.05, 3.63) is 29.7 Å². The number of hydrogen-bond donors (Lipinski definition) is 0. The van der Waals surface area contributed by atoms with E-state index in [1.165, 1.54) is 0 Å². The summed E-state index contributed by atoms with van der Waals surface area (Å²) in [4.78, 5) is 19.4. The molecule has 134 valence electrons. The van der Waals surface area contributed by atoms with Gasteiger partial charge in [0, 0.05) is 56.6 Å². The number of carbonyl (C=O) groups excluding carboxylic acids is 1. The standard InChI is InChI=1S/C19H26N4O2/c1-14-12-18-20-17(4-9-23(18)21-14)16-2-7-22(8-3-16)19(24)13-15-5-10-25-11-6-15/h4,9,12,15-16H,2-3,5-8,10-11,13H2,1H3. The topological polar surface area (TPSA) is 59.7 Å². The zero-order chi connectivity index (χ0) is 17.2. The molecule has 2 aliphatic heterocycles. The molecule has 6 nitrogen and oxygen atoms in total. The van der Waals surface area contributed by atoms with Gasteiger partial charge in [0.25, 0.3) is 0 Å². The molecule has 2 aliphatic rings. The Balaban J connectivity index is 1.34. The Bertz CT molecular complexity index is 743. The summed E-state index contributed by atoms with van der Waals surface area (Å²) in [5, 5.41) is 4.38. The second-order valence-corrected chi connectivity index (χ2v) is 7.36. The Hall–Kier alpha value is -1.95. The van der Waals surface area contributed by atoms with E-state index in [4.69, 9.17) is 9.72 Å². The predicted octanol–water partition coefficient (Wildman–Crippen LogP) is 2.56. The summed E-state index contributed by atoms with van der Waals surface area (Å²) in [5.41, 5.74) is 3.02. The summed E-state index contributed by atoms with van der Waals surface area (Å²) in [7, 11) is 0. The fourth-order valence-electron chi connectivity index (χ4n) is 3.99. The summed E-state index contributed by atoms with van der Waals surface area (Å²) in [6.07, 6.45) is 6.72. The van der Waals surface area contributed by atoms with Crippen molar-refractivity contribution in [2.75, 3.05) is 26.3 Å². The van der Waals surface area contributed by atoms with E-state index in [0.29, 0.717) is 24.2 Å². The number of amides is 1. The normalized spacial score (nSPS) is 20.3. The minimum atomic E-state index is 0.320. The second kappa shape index (κ2) is 7.12. The predicted molar refractivity (Wildman–Crippen MR) is 94.4 cm³/mol. The van der Waals surface area contributed by atoms with Crippen molar-refractivity contribution in [1.82, 2.24) is 19.5 Å². The Labute approximate surface area is 148 Å². The smallest absolute Gasteiger partial charge is 0.222 e. The van der Waals surface area contributed by atoms with Crippen molar-refractivity contribution in [1.29, 1.82) is 0 Å². The fourth-order valence-corrected chi connectivity index (χ4v) is 3.99. The maximum Gasteiger partial charge on any atom is 0.222 e. The third-order valence-corrected chi connectivity index (χ3v) is 5.54. The summed E-state index contributed by atoms with van der Waals surface area (Å²) < 4.78 is 7.21. The van der Waals surface area contributed by atoms with E-state index in [9.17, 15) is 4.79 Å². The Morgan fingerprint density at radius 3 is 2.76 bits per heavy atom. The lowest BCUT2D eigenvalue weighted by atomic mass is 9.91. The number of aryl methyl sites for hydroxylation is 1. The van der Waals surface area contributed by atoms with Crippen LogP contribution in [-0.4, -0.2) is 51.7 Å². The summed E-state index contributed by atoms with van der Waals surface area (Å²) in [5.74, 6) is 1.26. The highest BCUT2D eigenvalue weighted by atomic mass is 16.5. The van der Waals surface area contributed by atoms with E-state index in [2.05, 4.69) is 11.2 Å². The highest BCUT2D eigenvalue weighted by molar-refractivity contribution is 5.76. The molecule has 2 saturated heterocycles. The van der Waals surface area contributed by atoms with Gasteiger partial charge in [-0.25, -0.2) is 9.50 Å². The Morgan fingerprint density at radius 2 is 2.00 bits per heavy atom. The quantitative estimate of drug-likeness (QED) is 0.860. The van der Waals surface area contributed by atoms with Gasteiger partial charge in [-0.3, -0.25) is 4.79 Å². The molecule has 0 saturated carbocycles. The summed E-state index contributed by atoms with van der Waals surface area (Å²) >= 11 is 0. The minimum Gasteiger partial charge on any atom is -0.381 e. The van der Waals surface area contributed by atoms with Crippen LogP contribution >= 0.6 is 0 Å². The first-order valence-corrected chi connectivity index (χ1v) is 9.37. The first-order chi connectivity index (χ1) is 12.2. The number of piperidine rings is 1. The third-order valence-electron chi connectivity index (χ3n) is 5.54. The number of rotatable bonds is 3. The zero-order valence-corrected chi connectivity index (χ0v) is 14.9. The van der Waals surface area contributed by atoms with Gasteiger partial charge in [-0.1, -0.05) is 0 Å². The molecule has 2 fully saturated rings. The van der Waals surface area contributed by atoms with E-state index in [1.54, 1.807) is 0 Å². The maximum absolute atomic E-state index is 12.5. The molecule has 4 rings (SSSR count). The Morgan fingerprint density at radius 1 is 1.24 bits per heavy atom. The van der Waals surface area contributed by atoms with Gasteiger partial charge < -0.3 is 9.64 Å². The SMILES string of the molecule is Cc1cc2nc(C3CCN(C(=O)CC4CCOCC4)CC3)ccn2n1. The molecule has 1 amide bonds. The molecule has 0 N–H and O–H groups in total. The van der Waals surface area contributed by atoms with E-state index in [1.807, 2.05) is 28.6 Å². The maximum atomic E-state index is 12.5. The van der Waals surface area contributed by atoms with Crippen LogP contribution in [0.2, 0.25) is 0 Å². The largest absolute Gasteiger partial charge is 0.381 e.